The number of hydrogen-bond acceptors (Lipinski definition) is 2. The minimum absolute atomic E-state index is 0.253. The Balaban J connectivity index is 2.61. The van der Waals surface area contributed by atoms with Gasteiger partial charge in [-0.1, -0.05) is 31.2 Å². The van der Waals surface area contributed by atoms with Crippen LogP contribution < -0.4 is 11.5 Å². The number of hydrogen-bond donors (Lipinski definition) is 2. The van der Waals surface area contributed by atoms with Crippen molar-refractivity contribution in [1.82, 2.24) is 0 Å². The average molecular weight is 282 g/mol. The molecule has 4 N–H and O–H groups in total. The van der Waals surface area contributed by atoms with Crippen LogP contribution in [-0.2, 0) is 0 Å². The van der Waals surface area contributed by atoms with Crippen LogP contribution in [0.25, 0.3) is 0 Å². The summed E-state index contributed by atoms with van der Waals surface area (Å²) in [6.45, 7) is 10.6. The summed E-state index contributed by atoms with van der Waals surface area (Å²) in [4.78, 5) is 0. The van der Waals surface area contributed by atoms with E-state index >= 15 is 0 Å². The van der Waals surface area contributed by atoms with Crippen molar-refractivity contribution in [1.29, 1.82) is 0 Å². The molecule has 0 saturated heterocycles. The van der Waals surface area contributed by atoms with E-state index in [1.54, 1.807) is 0 Å². The third-order valence-corrected chi connectivity index (χ3v) is 4.80. The van der Waals surface area contributed by atoms with Gasteiger partial charge in [-0.3, -0.25) is 0 Å². The zero-order chi connectivity index (χ0) is 15.7. The molecule has 0 amide bonds. The van der Waals surface area contributed by atoms with Gasteiger partial charge in [0.2, 0.25) is 0 Å². The van der Waals surface area contributed by atoms with Gasteiger partial charge in [0.25, 0.3) is 0 Å². The highest BCUT2D eigenvalue weighted by Gasteiger charge is 2.19. The van der Waals surface area contributed by atoms with E-state index in [9.17, 15) is 0 Å². The Hall–Kier alpha value is -1.96. The molecular formula is C19H26N2. The molecule has 0 fully saturated rings. The summed E-state index contributed by atoms with van der Waals surface area (Å²) in [5.41, 5.74) is 21.8. The standard InChI is InChI=1S/C19H26N2/c1-6-15(16-9-7-11(2)13(4)18(16)20)17-10-8-12(3)14(5)19(17)21/h7-10,15H,6,20-21H2,1-5H3. The molecule has 0 aliphatic carbocycles. The fourth-order valence-electron chi connectivity index (χ4n) is 2.93. The largest absolute Gasteiger partial charge is 0.398 e. The maximum Gasteiger partial charge on any atom is 0.0385 e. The minimum atomic E-state index is 0.253. The van der Waals surface area contributed by atoms with E-state index in [1.807, 2.05) is 0 Å². The number of nitrogens with two attached hydrogens (primary N) is 2. The number of anilines is 2. The van der Waals surface area contributed by atoms with Gasteiger partial charge in [-0.15, -0.1) is 0 Å². The molecule has 0 aliphatic heterocycles. The van der Waals surface area contributed by atoms with Crippen LogP contribution in [0.4, 0.5) is 11.4 Å². The lowest BCUT2D eigenvalue weighted by Crippen LogP contribution is -2.09. The highest BCUT2D eigenvalue weighted by molar-refractivity contribution is 5.64. The SMILES string of the molecule is CCC(c1ccc(C)c(C)c1N)c1ccc(C)c(C)c1N. The molecule has 21 heavy (non-hydrogen) atoms. The molecular weight excluding hydrogens is 256 g/mol. The first-order valence-electron chi connectivity index (χ1n) is 7.59. The van der Waals surface area contributed by atoms with Gasteiger partial charge >= 0.3 is 0 Å². The van der Waals surface area contributed by atoms with Gasteiger partial charge in [0.1, 0.15) is 0 Å². The Labute approximate surface area is 128 Å². The Morgan fingerprint density at radius 1 is 0.762 bits per heavy atom. The van der Waals surface area contributed by atoms with Crippen molar-refractivity contribution >= 4 is 11.4 Å². The Kier molecular flexibility index (Phi) is 4.26. The molecule has 0 heterocycles. The molecule has 0 radical (unpaired) electrons. The fourth-order valence-corrected chi connectivity index (χ4v) is 2.93. The van der Waals surface area contributed by atoms with Crippen molar-refractivity contribution in [2.45, 2.75) is 47.0 Å². The van der Waals surface area contributed by atoms with E-state index in [0.29, 0.717) is 0 Å². The third-order valence-electron chi connectivity index (χ3n) is 4.80. The summed E-state index contributed by atoms with van der Waals surface area (Å²) in [6.07, 6.45) is 0.986. The van der Waals surface area contributed by atoms with E-state index < -0.39 is 0 Å². The molecule has 0 saturated carbocycles. The first-order valence-corrected chi connectivity index (χ1v) is 7.59. The number of nitrogen functional groups attached to an aromatic ring is 2. The van der Waals surface area contributed by atoms with E-state index in [2.05, 4.69) is 58.9 Å². The highest BCUT2D eigenvalue weighted by Crippen LogP contribution is 2.38. The Morgan fingerprint density at radius 2 is 1.14 bits per heavy atom. The lowest BCUT2D eigenvalue weighted by Gasteiger charge is -2.23. The van der Waals surface area contributed by atoms with Crippen molar-refractivity contribution in [3.63, 3.8) is 0 Å². The lowest BCUT2D eigenvalue weighted by atomic mass is 9.84. The maximum atomic E-state index is 6.37. The Bertz CT molecular complexity index is 614. The van der Waals surface area contributed by atoms with Gasteiger partial charge in [0, 0.05) is 17.3 Å². The number of benzene rings is 2. The summed E-state index contributed by atoms with van der Waals surface area (Å²) in [5.74, 6) is 0.253. The van der Waals surface area contributed by atoms with Crippen LogP contribution in [-0.4, -0.2) is 0 Å². The van der Waals surface area contributed by atoms with Crippen molar-refractivity contribution in [3.05, 3.63) is 57.6 Å². The maximum absolute atomic E-state index is 6.37. The summed E-state index contributed by atoms with van der Waals surface area (Å²) >= 11 is 0. The van der Waals surface area contributed by atoms with Crippen molar-refractivity contribution in [2.24, 2.45) is 0 Å². The molecule has 2 nitrogen and oxygen atoms in total. The first kappa shape index (κ1) is 15.4. The van der Waals surface area contributed by atoms with Crippen LogP contribution in [0.5, 0.6) is 0 Å². The molecule has 0 spiro atoms. The van der Waals surface area contributed by atoms with E-state index in [-0.39, 0.29) is 5.92 Å². The van der Waals surface area contributed by atoms with Crippen LogP contribution in [0.15, 0.2) is 24.3 Å². The second-order valence-electron chi connectivity index (χ2n) is 5.98. The Morgan fingerprint density at radius 3 is 1.48 bits per heavy atom. The molecule has 0 bridgehead atoms. The molecule has 0 atom stereocenters. The van der Waals surface area contributed by atoms with Crippen molar-refractivity contribution in [2.75, 3.05) is 11.5 Å². The fraction of sp³-hybridized carbons (Fsp3) is 0.368. The van der Waals surface area contributed by atoms with Crippen LogP contribution >= 0.6 is 0 Å². The monoisotopic (exact) mass is 282 g/mol. The van der Waals surface area contributed by atoms with Crippen LogP contribution in [0, 0.1) is 27.7 Å². The minimum Gasteiger partial charge on any atom is -0.398 e. The predicted molar refractivity (Wildman–Crippen MR) is 92.8 cm³/mol. The van der Waals surface area contributed by atoms with Crippen LogP contribution in [0.3, 0.4) is 0 Å². The summed E-state index contributed by atoms with van der Waals surface area (Å²) in [7, 11) is 0. The normalized spacial score (nSPS) is 11.1. The van der Waals surface area contributed by atoms with Gasteiger partial charge < -0.3 is 11.5 Å². The molecule has 2 rings (SSSR count). The molecule has 2 aromatic rings. The highest BCUT2D eigenvalue weighted by atomic mass is 14.6. The van der Waals surface area contributed by atoms with Gasteiger partial charge in [0.05, 0.1) is 0 Å². The molecule has 0 aliphatic rings. The average Bonchev–Trinajstić information content (AvgIpc) is 2.47. The summed E-state index contributed by atoms with van der Waals surface area (Å²) < 4.78 is 0. The second-order valence-corrected chi connectivity index (χ2v) is 5.98. The number of rotatable bonds is 3. The molecule has 2 heteroatoms. The smallest absolute Gasteiger partial charge is 0.0385 e. The lowest BCUT2D eigenvalue weighted by molar-refractivity contribution is 0.779. The molecule has 0 aromatic heterocycles. The van der Waals surface area contributed by atoms with Crippen molar-refractivity contribution < 1.29 is 0 Å². The predicted octanol–water partition coefficient (Wildman–Crippen LogP) is 4.63. The van der Waals surface area contributed by atoms with Gasteiger partial charge in [-0.05, 0) is 67.5 Å². The zero-order valence-electron chi connectivity index (χ0n) is 13.7. The summed E-state index contributed by atoms with van der Waals surface area (Å²) in [6, 6.07) is 8.61. The third kappa shape index (κ3) is 2.63. The van der Waals surface area contributed by atoms with Gasteiger partial charge in [-0.25, -0.2) is 0 Å². The molecule has 0 unspecified atom stereocenters. The van der Waals surface area contributed by atoms with E-state index in [0.717, 1.165) is 17.8 Å². The summed E-state index contributed by atoms with van der Waals surface area (Å²) in [5, 5.41) is 0. The topological polar surface area (TPSA) is 52.0 Å². The van der Waals surface area contributed by atoms with Gasteiger partial charge in [-0.2, -0.15) is 0 Å². The second kappa shape index (κ2) is 5.80. The van der Waals surface area contributed by atoms with E-state index in [4.69, 9.17) is 11.5 Å². The van der Waals surface area contributed by atoms with Crippen LogP contribution in [0.2, 0.25) is 0 Å². The zero-order valence-corrected chi connectivity index (χ0v) is 13.7. The number of aryl methyl sites for hydroxylation is 2. The first-order chi connectivity index (χ1) is 9.88. The molecule has 2 aromatic carbocycles. The molecule has 112 valence electrons. The van der Waals surface area contributed by atoms with Crippen molar-refractivity contribution in [3.8, 4) is 0 Å². The van der Waals surface area contributed by atoms with E-state index in [1.165, 1.54) is 33.4 Å². The van der Waals surface area contributed by atoms with Crippen LogP contribution in [0.1, 0.15) is 52.6 Å². The quantitative estimate of drug-likeness (QED) is 0.807. The van der Waals surface area contributed by atoms with Gasteiger partial charge in [0.15, 0.2) is 0 Å².